The molecule has 0 bridgehead atoms. The van der Waals surface area contributed by atoms with Gasteiger partial charge in [-0.3, -0.25) is 14.9 Å². The fourth-order valence-corrected chi connectivity index (χ4v) is 9.05. The molecule has 6 aromatic rings. The lowest BCUT2D eigenvalue weighted by atomic mass is 9.89. The van der Waals surface area contributed by atoms with Crippen LogP contribution in [0.15, 0.2) is 67.1 Å². The maximum atomic E-state index is 13.5. The smallest absolute Gasteiger partial charge is 0.416 e. The van der Waals surface area contributed by atoms with E-state index in [0.717, 1.165) is 79.5 Å². The number of nitrogens with zero attached hydrogens (tertiary/aromatic N) is 8. The van der Waals surface area contributed by atoms with E-state index in [0.29, 0.717) is 46.6 Å². The van der Waals surface area contributed by atoms with Crippen LogP contribution >= 0.6 is 0 Å². The Hall–Kier alpha value is -5.65. The molecule has 8 rings (SSSR count). The highest BCUT2D eigenvalue weighted by Crippen LogP contribution is 2.41. The van der Waals surface area contributed by atoms with Crippen LogP contribution in [0, 0.1) is 0 Å². The number of aliphatic hydroxyl groups is 1. The molecule has 1 unspecified atom stereocenters. The van der Waals surface area contributed by atoms with E-state index in [1.54, 1.807) is 18.5 Å². The SMILES string of the molecule is CC(C)c1ccc(-c2nnc(N[C@@H]3CCCN(C)C3)c3c(C(O)CN4CCC[C@@H](Nc5nnc(-c6ccc(C(F)(F)F)cc6OC(F)F)c6ccncc56)C4)nccc23)c(C(C)C)c1. The van der Waals surface area contributed by atoms with Crippen molar-refractivity contribution < 1.29 is 31.8 Å². The number of likely N-dealkylation sites (tertiary alicyclic amines) is 2. The molecule has 2 aliphatic heterocycles. The number of halogens is 5. The molecule has 0 saturated carbocycles. The van der Waals surface area contributed by atoms with E-state index < -0.39 is 30.2 Å². The molecule has 6 heterocycles. The Morgan fingerprint density at radius 2 is 1.47 bits per heavy atom. The van der Waals surface area contributed by atoms with Gasteiger partial charge in [-0.1, -0.05) is 45.9 Å². The molecule has 12 nitrogen and oxygen atoms in total. The average Bonchev–Trinajstić information content (AvgIpc) is 3.26. The quantitative estimate of drug-likeness (QED) is 0.0953. The number of fused-ring (bicyclic) bond motifs is 2. The lowest BCUT2D eigenvalue weighted by molar-refractivity contribution is -0.138. The van der Waals surface area contributed by atoms with Gasteiger partial charge in [0.15, 0.2) is 11.6 Å². The topological polar surface area (TPSA) is 137 Å². The number of nitrogens with one attached hydrogen (secondary N) is 2. The van der Waals surface area contributed by atoms with Crippen molar-refractivity contribution in [1.82, 2.24) is 40.2 Å². The van der Waals surface area contributed by atoms with Gasteiger partial charge in [-0.2, -0.15) is 22.0 Å². The molecule has 2 aliphatic rings. The summed E-state index contributed by atoms with van der Waals surface area (Å²) < 4.78 is 72.0. The highest BCUT2D eigenvalue weighted by molar-refractivity contribution is 6.02. The van der Waals surface area contributed by atoms with Crippen molar-refractivity contribution in [3.63, 3.8) is 0 Å². The van der Waals surface area contributed by atoms with Crippen LogP contribution in [0.2, 0.25) is 0 Å². The highest BCUT2D eigenvalue weighted by Gasteiger charge is 2.33. The van der Waals surface area contributed by atoms with Gasteiger partial charge in [-0.25, -0.2) is 0 Å². The Morgan fingerprint density at radius 1 is 0.781 bits per heavy atom. The van der Waals surface area contributed by atoms with Gasteiger partial charge in [0, 0.05) is 77.6 Å². The maximum Gasteiger partial charge on any atom is 0.416 e. The second kappa shape index (κ2) is 18.8. The number of hydrogen-bond acceptors (Lipinski definition) is 12. The van der Waals surface area contributed by atoms with Crippen LogP contribution in [0.3, 0.4) is 0 Å². The number of aliphatic hydroxyl groups excluding tert-OH is 1. The van der Waals surface area contributed by atoms with Crippen LogP contribution in [-0.2, 0) is 6.18 Å². The van der Waals surface area contributed by atoms with Gasteiger partial charge in [0.25, 0.3) is 0 Å². The number of anilines is 2. The molecule has 64 heavy (non-hydrogen) atoms. The minimum absolute atomic E-state index is 0.0634. The van der Waals surface area contributed by atoms with Gasteiger partial charge in [0.1, 0.15) is 23.2 Å². The molecule has 2 fully saturated rings. The van der Waals surface area contributed by atoms with Crippen LogP contribution in [0.25, 0.3) is 44.1 Å². The maximum absolute atomic E-state index is 13.5. The van der Waals surface area contributed by atoms with E-state index in [-0.39, 0.29) is 35.8 Å². The summed E-state index contributed by atoms with van der Waals surface area (Å²) in [6, 6.07) is 12.5. The minimum atomic E-state index is -4.78. The number of likely N-dealkylation sites (N-methyl/N-ethyl adjacent to an activating group) is 1. The predicted octanol–water partition coefficient (Wildman–Crippen LogP) is 9.68. The largest absolute Gasteiger partial charge is 0.434 e. The zero-order valence-corrected chi connectivity index (χ0v) is 36.5. The Bertz CT molecular complexity index is 2610. The number of piperidine rings is 2. The number of ether oxygens (including phenoxy) is 1. The fourth-order valence-electron chi connectivity index (χ4n) is 9.05. The number of aromatic nitrogens is 6. The zero-order valence-electron chi connectivity index (χ0n) is 36.5. The summed E-state index contributed by atoms with van der Waals surface area (Å²) in [6.07, 6.45) is 2.59. The van der Waals surface area contributed by atoms with Gasteiger partial charge in [-0.15, -0.1) is 20.4 Å². The van der Waals surface area contributed by atoms with Gasteiger partial charge >= 0.3 is 12.8 Å². The molecule has 3 atom stereocenters. The van der Waals surface area contributed by atoms with Crippen molar-refractivity contribution in [1.29, 1.82) is 0 Å². The number of benzene rings is 2. The molecule has 0 radical (unpaired) electrons. The third-order valence-electron chi connectivity index (χ3n) is 12.3. The molecular weight excluding hydrogens is 832 g/mol. The lowest BCUT2D eigenvalue weighted by Gasteiger charge is -2.34. The Balaban J connectivity index is 1.08. The first-order valence-electron chi connectivity index (χ1n) is 21.8. The second-order valence-electron chi connectivity index (χ2n) is 17.6. The second-order valence-corrected chi connectivity index (χ2v) is 17.6. The third kappa shape index (κ3) is 9.71. The van der Waals surface area contributed by atoms with Gasteiger partial charge in [0.2, 0.25) is 0 Å². The molecule has 2 saturated heterocycles. The van der Waals surface area contributed by atoms with Crippen molar-refractivity contribution >= 4 is 33.2 Å². The third-order valence-corrected chi connectivity index (χ3v) is 12.3. The molecule has 4 aromatic heterocycles. The average molecular weight is 885 g/mol. The van der Waals surface area contributed by atoms with Crippen LogP contribution in [0.1, 0.15) is 93.7 Å². The summed E-state index contributed by atoms with van der Waals surface area (Å²) in [5.74, 6) is 0.883. The Labute approximate surface area is 368 Å². The number of β-amino-alcohol motifs (C(OH)–C–C–N with tert-alkyl or cyclic N) is 1. The van der Waals surface area contributed by atoms with Crippen molar-refractivity contribution in [3.05, 3.63) is 89.5 Å². The van der Waals surface area contributed by atoms with E-state index in [1.165, 1.54) is 17.3 Å². The van der Waals surface area contributed by atoms with E-state index in [4.69, 9.17) is 15.2 Å². The Kier molecular flexibility index (Phi) is 13.2. The molecule has 0 spiro atoms. The molecule has 0 aliphatic carbocycles. The number of alkyl halides is 5. The number of pyridine rings is 2. The van der Waals surface area contributed by atoms with E-state index in [2.05, 4.69) is 93.3 Å². The lowest BCUT2D eigenvalue weighted by Crippen LogP contribution is -2.44. The standard InChI is InChI=1S/C47H53F5N10O2/c1-26(2)28-10-12-32(36(20-28)27(3)4)42-35-15-17-54-43(40(35)45(60-58-42)56-30-8-6-18-61(5)23-30)38(63)25-62-19-7-9-31(24-62)55-44-37-22-53-16-14-33(37)41(57-59-44)34-13-11-29(47(50,51)52)21-39(34)64-46(48)49/h10-17,20-22,26-27,30-31,38,46,63H,6-9,18-19,23-25H2,1-5H3,(H,55,59)(H,56,60)/t30-,31-,38?/m1/s1. The summed E-state index contributed by atoms with van der Waals surface area (Å²) in [5.41, 5.74) is 3.53. The zero-order chi connectivity index (χ0) is 45.3. The first-order valence-corrected chi connectivity index (χ1v) is 21.8. The van der Waals surface area contributed by atoms with E-state index in [1.807, 2.05) is 6.07 Å². The molecular formula is C47H53F5N10O2. The van der Waals surface area contributed by atoms with Crippen LogP contribution < -0.4 is 15.4 Å². The molecule has 2 aromatic carbocycles. The number of rotatable bonds is 13. The van der Waals surface area contributed by atoms with Crippen LogP contribution in [-0.4, -0.2) is 104 Å². The fraction of sp³-hybridized carbons (Fsp3) is 0.447. The Morgan fingerprint density at radius 3 is 2.19 bits per heavy atom. The molecule has 3 N–H and O–H groups in total. The molecule has 17 heteroatoms. The van der Waals surface area contributed by atoms with E-state index >= 15 is 0 Å². The predicted molar refractivity (Wildman–Crippen MR) is 238 cm³/mol. The molecule has 338 valence electrons. The van der Waals surface area contributed by atoms with Gasteiger partial charge in [-0.05, 0) is 99.1 Å². The summed E-state index contributed by atoms with van der Waals surface area (Å²) in [5, 5.41) is 40.3. The van der Waals surface area contributed by atoms with E-state index in [9.17, 15) is 27.1 Å². The first-order chi connectivity index (χ1) is 30.6. The van der Waals surface area contributed by atoms with Crippen molar-refractivity contribution in [2.45, 2.75) is 96.2 Å². The van der Waals surface area contributed by atoms with Crippen molar-refractivity contribution in [3.8, 4) is 28.3 Å². The highest BCUT2D eigenvalue weighted by atomic mass is 19.4. The summed E-state index contributed by atoms with van der Waals surface area (Å²) in [7, 11) is 2.11. The van der Waals surface area contributed by atoms with Crippen molar-refractivity contribution in [2.75, 3.05) is 50.4 Å². The summed E-state index contributed by atoms with van der Waals surface area (Å²) >= 11 is 0. The monoisotopic (exact) mass is 884 g/mol. The van der Waals surface area contributed by atoms with Crippen LogP contribution in [0.5, 0.6) is 5.75 Å². The normalized spacial score (nSPS) is 18.3. The first kappa shape index (κ1) is 44.9. The number of hydrogen-bond donors (Lipinski definition) is 3. The minimum Gasteiger partial charge on any atom is -0.434 e. The summed E-state index contributed by atoms with van der Waals surface area (Å²) in [6.45, 7) is 8.77. The van der Waals surface area contributed by atoms with Gasteiger partial charge in [0.05, 0.1) is 16.6 Å². The van der Waals surface area contributed by atoms with Crippen LogP contribution in [0.4, 0.5) is 33.6 Å². The molecule has 0 amide bonds. The van der Waals surface area contributed by atoms with Gasteiger partial charge < -0.3 is 25.4 Å². The summed E-state index contributed by atoms with van der Waals surface area (Å²) in [4.78, 5) is 13.5. The van der Waals surface area contributed by atoms with Crippen molar-refractivity contribution in [2.24, 2.45) is 0 Å².